The van der Waals surface area contributed by atoms with E-state index in [1.807, 2.05) is 37.3 Å². The summed E-state index contributed by atoms with van der Waals surface area (Å²) in [6.45, 7) is 7.10. The first kappa shape index (κ1) is 18.9. The third kappa shape index (κ3) is 7.08. The molecule has 1 unspecified atom stereocenters. The third-order valence-electron chi connectivity index (χ3n) is 3.01. The van der Waals surface area contributed by atoms with E-state index in [0.29, 0.717) is 6.42 Å². The smallest absolute Gasteiger partial charge is 0.329 e. The summed E-state index contributed by atoms with van der Waals surface area (Å²) in [5.74, 6) is -1.80. The maximum atomic E-state index is 12.3. The van der Waals surface area contributed by atoms with Crippen LogP contribution in [-0.2, 0) is 25.5 Å². The Balaban J connectivity index is 2.85. The molecule has 0 heterocycles. The maximum absolute atomic E-state index is 12.3. The fourth-order valence-corrected chi connectivity index (χ4v) is 2.00. The molecule has 1 rings (SSSR count). The Morgan fingerprint density at radius 2 is 1.74 bits per heavy atom. The summed E-state index contributed by atoms with van der Waals surface area (Å²) in [4.78, 5) is 35.9. The molecule has 5 heteroatoms. The average molecular weight is 319 g/mol. The number of hydrogen-bond acceptors (Lipinski definition) is 4. The molecule has 0 saturated heterocycles. The van der Waals surface area contributed by atoms with Crippen LogP contribution in [-0.4, -0.2) is 29.3 Å². The zero-order valence-corrected chi connectivity index (χ0v) is 14.2. The van der Waals surface area contributed by atoms with E-state index in [0.717, 1.165) is 5.56 Å². The molecule has 5 nitrogen and oxygen atoms in total. The van der Waals surface area contributed by atoms with Crippen LogP contribution in [0.1, 0.15) is 46.1 Å². The summed E-state index contributed by atoms with van der Waals surface area (Å²) >= 11 is 0. The van der Waals surface area contributed by atoms with E-state index in [9.17, 15) is 14.4 Å². The van der Waals surface area contributed by atoms with E-state index in [1.165, 1.54) is 0 Å². The second-order valence-corrected chi connectivity index (χ2v) is 6.42. The van der Waals surface area contributed by atoms with Crippen molar-refractivity contribution in [2.45, 2.75) is 58.6 Å². The van der Waals surface area contributed by atoms with E-state index >= 15 is 0 Å². The zero-order chi connectivity index (χ0) is 17.5. The van der Waals surface area contributed by atoms with Crippen molar-refractivity contribution in [1.82, 2.24) is 5.32 Å². The lowest BCUT2D eigenvalue weighted by Crippen LogP contribution is -2.47. The van der Waals surface area contributed by atoms with Gasteiger partial charge in [0.05, 0.1) is 0 Å². The summed E-state index contributed by atoms with van der Waals surface area (Å²) in [6, 6.07) is 8.41. The van der Waals surface area contributed by atoms with Crippen molar-refractivity contribution in [1.29, 1.82) is 0 Å². The van der Waals surface area contributed by atoms with Gasteiger partial charge in [0, 0.05) is 12.8 Å². The minimum Gasteiger partial charge on any atom is -0.458 e. The largest absolute Gasteiger partial charge is 0.458 e. The summed E-state index contributed by atoms with van der Waals surface area (Å²) in [7, 11) is 0. The van der Waals surface area contributed by atoms with Crippen LogP contribution in [0.4, 0.5) is 0 Å². The first-order chi connectivity index (χ1) is 10.7. The molecule has 126 valence electrons. The summed E-state index contributed by atoms with van der Waals surface area (Å²) in [5, 5.41) is 2.51. The van der Waals surface area contributed by atoms with Crippen molar-refractivity contribution in [3.63, 3.8) is 0 Å². The van der Waals surface area contributed by atoms with Crippen molar-refractivity contribution < 1.29 is 19.1 Å². The zero-order valence-electron chi connectivity index (χ0n) is 14.2. The minimum absolute atomic E-state index is 0.165. The molecule has 0 bridgehead atoms. The summed E-state index contributed by atoms with van der Waals surface area (Å²) < 4.78 is 5.35. The van der Waals surface area contributed by atoms with Crippen molar-refractivity contribution in [2.24, 2.45) is 0 Å². The standard InChI is InChI=1S/C18H25NO4/c1-5-9-15(20)16(21)19-14(17(22)23-18(2,3)4)12-13-10-7-6-8-11-13/h6-8,10-11,14H,5,9,12H2,1-4H3,(H,19,21). The number of carbonyl (C=O) groups excluding carboxylic acids is 3. The highest BCUT2D eigenvalue weighted by molar-refractivity contribution is 6.36. The molecule has 1 atom stereocenters. The molecular formula is C18H25NO4. The first-order valence-corrected chi connectivity index (χ1v) is 7.83. The van der Waals surface area contributed by atoms with Gasteiger partial charge in [-0.3, -0.25) is 9.59 Å². The second-order valence-electron chi connectivity index (χ2n) is 6.42. The number of esters is 1. The summed E-state index contributed by atoms with van der Waals surface area (Å²) in [5.41, 5.74) is 0.219. The van der Waals surface area contributed by atoms with Gasteiger partial charge in [0.15, 0.2) is 0 Å². The van der Waals surface area contributed by atoms with Gasteiger partial charge < -0.3 is 10.1 Å². The van der Waals surface area contributed by atoms with E-state index < -0.39 is 29.3 Å². The molecule has 0 aliphatic heterocycles. The average Bonchev–Trinajstić information content (AvgIpc) is 2.46. The van der Waals surface area contributed by atoms with Crippen LogP contribution >= 0.6 is 0 Å². The number of carbonyl (C=O) groups is 3. The van der Waals surface area contributed by atoms with Gasteiger partial charge in [-0.05, 0) is 32.8 Å². The number of hydrogen-bond donors (Lipinski definition) is 1. The molecule has 0 aliphatic rings. The van der Waals surface area contributed by atoms with Gasteiger partial charge in [-0.2, -0.15) is 0 Å². The summed E-state index contributed by atoms with van der Waals surface area (Å²) in [6.07, 6.45) is 1.03. The predicted molar refractivity (Wildman–Crippen MR) is 87.8 cm³/mol. The van der Waals surface area contributed by atoms with Crippen LogP contribution in [0.3, 0.4) is 0 Å². The molecule has 0 aromatic heterocycles. The Labute approximate surface area is 137 Å². The Hall–Kier alpha value is -2.17. The van der Waals surface area contributed by atoms with Crippen LogP contribution in [0.15, 0.2) is 30.3 Å². The van der Waals surface area contributed by atoms with Crippen molar-refractivity contribution in [2.75, 3.05) is 0 Å². The molecule has 0 radical (unpaired) electrons. The third-order valence-corrected chi connectivity index (χ3v) is 3.01. The number of rotatable bonds is 7. The van der Waals surface area contributed by atoms with Gasteiger partial charge in [-0.1, -0.05) is 37.3 Å². The second kappa shape index (κ2) is 8.46. The molecular weight excluding hydrogens is 294 g/mol. The van der Waals surface area contributed by atoms with Gasteiger partial charge in [-0.15, -0.1) is 0 Å². The van der Waals surface area contributed by atoms with Crippen LogP contribution in [0.5, 0.6) is 0 Å². The molecule has 1 aromatic carbocycles. The Bertz CT molecular complexity index is 546. The van der Waals surface area contributed by atoms with Crippen LogP contribution < -0.4 is 5.32 Å². The van der Waals surface area contributed by atoms with E-state index in [-0.39, 0.29) is 12.8 Å². The lowest BCUT2D eigenvalue weighted by molar-refractivity contribution is -0.158. The Morgan fingerprint density at radius 3 is 2.26 bits per heavy atom. The predicted octanol–water partition coefficient (Wildman–Crippen LogP) is 2.42. The van der Waals surface area contributed by atoms with Crippen LogP contribution in [0, 0.1) is 0 Å². The molecule has 0 aliphatic carbocycles. The highest BCUT2D eigenvalue weighted by atomic mass is 16.6. The molecule has 1 aromatic rings. The van der Waals surface area contributed by atoms with Gasteiger partial charge >= 0.3 is 5.97 Å². The van der Waals surface area contributed by atoms with E-state index in [1.54, 1.807) is 20.8 Å². The van der Waals surface area contributed by atoms with Gasteiger partial charge in [-0.25, -0.2) is 4.79 Å². The van der Waals surface area contributed by atoms with Crippen LogP contribution in [0.2, 0.25) is 0 Å². The Morgan fingerprint density at radius 1 is 1.13 bits per heavy atom. The molecule has 0 fully saturated rings. The first-order valence-electron chi connectivity index (χ1n) is 7.83. The highest BCUT2D eigenvalue weighted by Crippen LogP contribution is 2.11. The van der Waals surface area contributed by atoms with E-state index in [4.69, 9.17) is 4.74 Å². The number of benzene rings is 1. The van der Waals surface area contributed by atoms with Crippen molar-refractivity contribution in [3.8, 4) is 0 Å². The van der Waals surface area contributed by atoms with Gasteiger partial charge in [0.25, 0.3) is 5.91 Å². The Kier molecular flexibility index (Phi) is 6.94. The lowest BCUT2D eigenvalue weighted by atomic mass is 10.0. The van der Waals surface area contributed by atoms with Crippen molar-refractivity contribution >= 4 is 17.7 Å². The topological polar surface area (TPSA) is 72.5 Å². The number of Topliss-reactive ketones (excluding diaryl/α,β-unsaturated/α-hetero) is 1. The number of nitrogens with one attached hydrogen (secondary N) is 1. The highest BCUT2D eigenvalue weighted by Gasteiger charge is 2.28. The van der Waals surface area contributed by atoms with Gasteiger partial charge in [0.1, 0.15) is 11.6 Å². The van der Waals surface area contributed by atoms with E-state index in [2.05, 4.69) is 5.32 Å². The fraction of sp³-hybridized carbons (Fsp3) is 0.500. The number of amides is 1. The molecule has 1 amide bonds. The van der Waals surface area contributed by atoms with Crippen molar-refractivity contribution in [3.05, 3.63) is 35.9 Å². The normalized spacial score (nSPS) is 12.3. The van der Waals surface area contributed by atoms with Gasteiger partial charge in [0.2, 0.25) is 5.78 Å². The fourth-order valence-electron chi connectivity index (χ4n) is 2.00. The quantitative estimate of drug-likeness (QED) is 0.619. The molecule has 0 saturated carbocycles. The molecule has 1 N–H and O–H groups in total. The number of ether oxygens (including phenoxy) is 1. The monoisotopic (exact) mass is 319 g/mol. The maximum Gasteiger partial charge on any atom is 0.329 e. The van der Waals surface area contributed by atoms with Crippen LogP contribution in [0.25, 0.3) is 0 Å². The number of ketones is 1. The SMILES string of the molecule is CCCC(=O)C(=O)NC(Cc1ccccc1)C(=O)OC(C)(C)C. The molecule has 23 heavy (non-hydrogen) atoms. The molecule has 0 spiro atoms. The minimum atomic E-state index is -0.884. The lowest BCUT2D eigenvalue weighted by Gasteiger charge is -2.24.